The van der Waals surface area contributed by atoms with Crippen LogP contribution in [0.1, 0.15) is 33.6 Å². The van der Waals surface area contributed by atoms with Crippen molar-refractivity contribution in [3.8, 4) is 0 Å². The topological polar surface area (TPSA) is 49.8 Å². The first-order valence-corrected chi connectivity index (χ1v) is 5.41. The Morgan fingerprint density at radius 1 is 1.47 bits per heavy atom. The van der Waals surface area contributed by atoms with Crippen LogP contribution in [0.15, 0.2) is 0 Å². The van der Waals surface area contributed by atoms with Crippen molar-refractivity contribution in [3.63, 3.8) is 0 Å². The van der Waals surface area contributed by atoms with Gasteiger partial charge in [0.15, 0.2) is 0 Å². The fraction of sp³-hybridized carbons (Fsp3) is 0.909. The minimum Gasteiger partial charge on any atom is -0.389 e. The maximum atomic E-state index is 11.5. The van der Waals surface area contributed by atoms with Gasteiger partial charge in [0.1, 0.15) is 0 Å². The van der Waals surface area contributed by atoms with Gasteiger partial charge in [0.2, 0.25) is 5.91 Å². The van der Waals surface area contributed by atoms with Crippen LogP contribution in [0.25, 0.3) is 0 Å². The summed E-state index contributed by atoms with van der Waals surface area (Å²) in [5, 5.41) is 9.53. The van der Waals surface area contributed by atoms with E-state index in [1.54, 1.807) is 25.8 Å². The summed E-state index contributed by atoms with van der Waals surface area (Å²) >= 11 is 0. The number of carbonyl (C=O) groups excluding carboxylic acids is 1. The number of ether oxygens (including phenoxy) is 1. The zero-order valence-corrected chi connectivity index (χ0v) is 10.2. The molecule has 0 saturated carbocycles. The molecule has 0 unspecified atom stereocenters. The highest BCUT2D eigenvalue weighted by atomic mass is 16.5. The lowest BCUT2D eigenvalue weighted by atomic mass is 10.1. The summed E-state index contributed by atoms with van der Waals surface area (Å²) in [5.74, 6) is 0.0526. The number of aliphatic hydroxyl groups is 1. The van der Waals surface area contributed by atoms with Gasteiger partial charge in [-0.3, -0.25) is 4.79 Å². The van der Waals surface area contributed by atoms with Crippen molar-refractivity contribution < 1.29 is 14.6 Å². The van der Waals surface area contributed by atoms with Gasteiger partial charge in [-0.1, -0.05) is 0 Å². The van der Waals surface area contributed by atoms with Crippen LogP contribution >= 0.6 is 0 Å². The van der Waals surface area contributed by atoms with Crippen molar-refractivity contribution in [3.05, 3.63) is 0 Å². The summed E-state index contributed by atoms with van der Waals surface area (Å²) in [5.41, 5.74) is -0.829. The van der Waals surface area contributed by atoms with E-state index in [9.17, 15) is 9.90 Å². The predicted octanol–water partition coefficient (Wildman–Crippen LogP) is 1.03. The average molecular weight is 217 g/mol. The molecule has 0 bridgehead atoms. The van der Waals surface area contributed by atoms with E-state index in [-0.39, 0.29) is 5.91 Å². The lowest BCUT2D eigenvalue weighted by Crippen LogP contribution is -2.39. The van der Waals surface area contributed by atoms with E-state index < -0.39 is 5.60 Å². The average Bonchev–Trinajstić information content (AvgIpc) is 2.09. The Balaban J connectivity index is 3.70. The number of hydrogen-bond donors (Lipinski definition) is 1. The molecule has 0 aliphatic carbocycles. The maximum absolute atomic E-state index is 11.5. The lowest BCUT2D eigenvalue weighted by Gasteiger charge is -2.25. The molecule has 0 atom stereocenters. The molecule has 0 heterocycles. The highest BCUT2D eigenvalue weighted by Crippen LogP contribution is 2.05. The van der Waals surface area contributed by atoms with Crippen LogP contribution in [-0.2, 0) is 9.53 Å². The molecule has 0 radical (unpaired) electrons. The quantitative estimate of drug-likeness (QED) is 0.648. The van der Waals surface area contributed by atoms with Gasteiger partial charge in [-0.05, 0) is 27.2 Å². The zero-order valence-electron chi connectivity index (χ0n) is 10.2. The van der Waals surface area contributed by atoms with Crippen molar-refractivity contribution in [1.29, 1.82) is 0 Å². The number of nitrogens with zero attached hydrogens (tertiary/aromatic N) is 1. The molecule has 1 N–H and O–H groups in total. The smallest absolute Gasteiger partial charge is 0.222 e. The van der Waals surface area contributed by atoms with E-state index in [2.05, 4.69) is 0 Å². The first-order valence-electron chi connectivity index (χ1n) is 5.41. The second-order valence-corrected chi connectivity index (χ2v) is 4.36. The zero-order chi connectivity index (χ0) is 11.9. The third-order valence-corrected chi connectivity index (χ3v) is 1.93. The maximum Gasteiger partial charge on any atom is 0.222 e. The van der Waals surface area contributed by atoms with E-state index in [0.717, 1.165) is 6.42 Å². The van der Waals surface area contributed by atoms with E-state index in [0.29, 0.717) is 26.2 Å². The van der Waals surface area contributed by atoms with Gasteiger partial charge in [-0.15, -0.1) is 0 Å². The molecule has 4 heteroatoms. The van der Waals surface area contributed by atoms with Gasteiger partial charge in [0, 0.05) is 33.2 Å². The molecule has 0 saturated heterocycles. The fourth-order valence-corrected chi connectivity index (χ4v) is 1.33. The van der Waals surface area contributed by atoms with Gasteiger partial charge < -0.3 is 14.7 Å². The van der Waals surface area contributed by atoms with Crippen LogP contribution < -0.4 is 0 Å². The summed E-state index contributed by atoms with van der Waals surface area (Å²) in [6.45, 7) is 6.99. The van der Waals surface area contributed by atoms with Crippen LogP contribution in [0.4, 0.5) is 0 Å². The standard InChI is InChI=1S/C11H23NO3/c1-5-15-8-6-7-10(13)12(4)9-11(2,3)14/h14H,5-9H2,1-4H3. The highest BCUT2D eigenvalue weighted by Gasteiger charge is 2.18. The SMILES string of the molecule is CCOCCCC(=O)N(C)CC(C)(C)O. The first kappa shape index (κ1) is 14.4. The third kappa shape index (κ3) is 8.39. The van der Waals surface area contributed by atoms with Gasteiger partial charge in [0.05, 0.1) is 5.60 Å². The molecule has 0 spiro atoms. The second-order valence-electron chi connectivity index (χ2n) is 4.36. The summed E-state index contributed by atoms with van der Waals surface area (Å²) in [4.78, 5) is 13.1. The van der Waals surface area contributed by atoms with E-state index >= 15 is 0 Å². The van der Waals surface area contributed by atoms with Crippen LogP contribution in [0.2, 0.25) is 0 Å². The number of rotatable bonds is 7. The first-order chi connectivity index (χ1) is 6.87. The van der Waals surface area contributed by atoms with Crippen LogP contribution in [0.5, 0.6) is 0 Å². The van der Waals surface area contributed by atoms with Gasteiger partial charge in [-0.2, -0.15) is 0 Å². The van der Waals surface area contributed by atoms with E-state index in [1.165, 1.54) is 0 Å². The van der Waals surface area contributed by atoms with Gasteiger partial charge in [0.25, 0.3) is 0 Å². The molecule has 15 heavy (non-hydrogen) atoms. The van der Waals surface area contributed by atoms with E-state index in [1.807, 2.05) is 6.92 Å². The monoisotopic (exact) mass is 217 g/mol. The number of amides is 1. The van der Waals surface area contributed by atoms with Gasteiger partial charge in [-0.25, -0.2) is 0 Å². The molecule has 0 aromatic heterocycles. The Kier molecular flexibility index (Phi) is 6.52. The van der Waals surface area contributed by atoms with Crippen molar-refractivity contribution in [1.82, 2.24) is 4.90 Å². The molecule has 1 amide bonds. The molecule has 0 rings (SSSR count). The molecular weight excluding hydrogens is 194 g/mol. The third-order valence-electron chi connectivity index (χ3n) is 1.93. The highest BCUT2D eigenvalue weighted by molar-refractivity contribution is 5.75. The predicted molar refractivity (Wildman–Crippen MR) is 59.7 cm³/mol. The molecule has 90 valence electrons. The minimum absolute atomic E-state index is 0.0526. The second kappa shape index (κ2) is 6.80. The van der Waals surface area contributed by atoms with Crippen molar-refractivity contribution in [2.24, 2.45) is 0 Å². The number of carbonyl (C=O) groups is 1. The minimum atomic E-state index is -0.829. The molecule has 0 aromatic rings. The fourth-order valence-electron chi connectivity index (χ4n) is 1.33. The van der Waals surface area contributed by atoms with Crippen LogP contribution in [0.3, 0.4) is 0 Å². The summed E-state index contributed by atoms with van der Waals surface area (Å²) in [7, 11) is 1.71. The largest absolute Gasteiger partial charge is 0.389 e. The summed E-state index contributed by atoms with van der Waals surface area (Å²) in [6.07, 6.45) is 1.22. The van der Waals surface area contributed by atoms with E-state index in [4.69, 9.17) is 4.74 Å². The molecular formula is C11H23NO3. The lowest BCUT2D eigenvalue weighted by molar-refractivity contribution is -0.132. The van der Waals surface area contributed by atoms with Crippen LogP contribution in [-0.4, -0.2) is 48.3 Å². The summed E-state index contributed by atoms with van der Waals surface area (Å²) in [6, 6.07) is 0. The molecule has 0 aliphatic heterocycles. The Hall–Kier alpha value is -0.610. The molecule has 0 aromatic carbocycles. The Bertz CT molecular complexity index is 187. The van der Waals surface area contributed by atoms with Crippen molar-refractivity contribution in [2.75, 3.05) is 26.8 Å². The summed E-state index contributed by atoms with van der Waals surface area (Å²) < 4.78 is 5.14. The van der Waals surface area contributed by atoms with Gasteiger partial charge >= 0.3 is 0 Å². The Morgan fingerprint density at radius 3 is 2.53 bits per heavy atom. The number of hydrogen-bond acceptors (Lipinski definition) is 3. The van der Waals surface area contributed by atoms with Crippen molar-refractivity contribution >= 4 is 5.91 Å². The molecule has 0 aliphatic rings. The molecule has 4 nitrogen and oxygen atoms in total. The van der Waals surface area contributed by atoms with Crippen molar-refractivity contribution in [2.45, 2.75) is 39.2 Å². The Morgan fingerprint density at radius 2 is 2.07 bits per heavy atom. The molecule has 0 fully saturated rings. The van der Waals surface area contributed by atoms with Crippen LogP contribution in [0, 0.1) is 0 Å². The normalized spacial score (nSPS) is 11.5. The Labute approximate surface area is 92.2 Å². The number of likely N-dealkylation sites (N-methyl/N-ethyl adjacent to an activating group) is 1.